The number of amides is 1. The molecule has 0 bridgehead atoms. The molecule has 1 aliphatic rings. The highest BCUT2D eigenvalue weighted by atomic mass is 19.2. The lowest BCUT2D eigenvalue weighted by Gasteiger charge is -2.25. The Bertz CT molecular complexity index is 1170. The minimum Gasteiger partial charge on any atom is -0.507 e. The highest BCUT2D eigenvalue weighted by molar-refractivity contribution is 6.51. The SMILES string of the molecule is O=C1C(=O)N(c2ccc(F)c(F)c2)C(c2ccccc2)/C1=C(\O)c1ccc(F)cc1. The van der Waals surface area contributed by atoms with E-state index in [0.717, 1.165) is 29.2 Å². The van der Waals surface area contributed by atoms with Gasteiger partial charge in [0, 0.05) is 17.3 Å². The first-order valence-electron chi connectivity index (χ1n) is 8.95. The van der Waals surface area contributed by atoms with Crippen LogP contribution in [0, 0.1) is 17.5 Å². The Morgan fingerprint density at radius 1 is 0.833 bits per heavy atom. The first kappa shape index (κ1) is 19.4. The van der Waals surface area contributed by atoms with E-state index in [1.807, 2.05) is 0 Å². The van der Waals surface area contributed by atoms with Crippen LogP contribution in [0.1, 0.15) is 17.2 Å². The minimum atomic E-state index is -1.18. The van der Waals surface area contributed by atoms with E-state index in [1.54, 1.807) is 30.3 Å². The molecule has 0 spiro atoms. The Morgan fingerprint density at radius 3 is 2.13 bits per heavy atom. The second-order valence-electron chi connectivity index (χ2n) is 6.69. The van der Waals surface area contributed by atoms with Crippen molar-refractivity contribution in [2.75, 3.05) is 4.90 Å². The molecule has 0 aromatic heterocycles. The molecule has 1 atom stereocenters. The van der Waals surface area contributed by atoms with Crippen molar-refractivity contribution in [2.45, 2.75) is 6.04 Å². The number of hydrogen-bond acceptors (Lipinski definition) is 3. The van der Waals surface area contributed by atoms with Gasteiger partial charge in [-0.15, -0.1) is 0 Å². The molecule has 0 saturated carbocycles. The standard InChI is InChI=1S/C23H14F3NO3/c24-15-8-6-14(7-9-15)21(28)19-20(13-4-2-1-3-5-13)27(23(30)22(19)29)16-10-11-17(25)18(26)12-16/h1-12,20,28H/b21-19+. The van der Waals surface area contributed by atoms with Gasteiger partial charge in [-0.2, -0.15) is 0 Å². The first-order valence-corrected chi connectivity index (χ1v) is 8.95. The summed E-state index contributed by atoms with van der Waals surface area (Å²) in [5.41, 5.74) is 0.344. The Kier molecular flexibility index (Phi) is 4.87. The van der Waals surface area contributed by atoms with Crippen LogP contribution in [-0.2, 0) is 9.59 Å². The summed E-state index contributed by atoms with van der Waals surface area (Å²) in [6.45, 7) is 0. The predicted octanol–water partition coefficient (Wildman–Crippen LogP) is 4.73. The van der Waals surface area contributed by atoms with Crippen LogP contribution in [0.4, 0.5) is 18.9 Å². The smallest absolute Gasteiger partial charge is 0.300 e. The normalized spacial score (nSPS) is 18.1. The summed E-state index contributed by atoms with van der Waals surface area (Å²) < 4.78 is 40.5. The van der Waals surface area contributed by atoms with E-state index >= 15 is 0 Å². The molecule has 1 unspecified atom stereocenters. The second-order valence-corrected chi connectivity index (χ2v) is 6.69. The fourth-order valence-electron chi connectivity index (χ4n) is 3.45. The number of rotatable bonds is 3. The lowest BCUT2D eigenvalue weighted by molar-refractivity contribution is -0.132. The molecule has 0 aliphatic carbocycles. The molecule has 1 N–H and O–H groups in total. The summed E-state index contributed by atoms with van der Waals surface area (Å²) >= 11 is 0. The van der Waals surface area contributed by atoms with Crippen LogP contribution in [0.25, 0.3) is 5.76 Å². The Morgan fingerprint density at radius 2 is 1.50 bits per heavy atom. The van der Waals surface area contributed by atoms with Gasteiger partial charge in [-0.1, -0.05) is 30.3 Å². The molecule has 1 amide bonds. The first-order chi connectivity index (χ1) is 14.4. The molecule has 3 aromatic carbocycles. The van der Waals surface area contributed by atoms with Gasteiger partial charge in [0.1, 0.15) is 11.6 Å². The van der Waals surface area contributed by atoms with Gasteiger partial charge in [0.25, 0.3) is 11.7 Å². The lowest BCUT2D eigenvalue weighted by atomic mass is 9.95. The largest absolute Gasteiger partial charge is 0.507 e. The maximum Gasteiger partial charge on any atom is 0.300 e. The molecule has 1 fully saturated rings. The molecular formula is C23H14F3NO3. The molecule has 7 heteroatoms. The number of anilines is 1. The molecular weight excluding hydrogens is 395 g/mol. The van der Waals surface area contributed by atoms with Crippen molar-refractivity contribution in [3.63, 3.8) is 0 Å². The molecule has 4 rings (SSSR count). The number of nitrogens with zero attached hydrogens (tertiary/aromatic N) is 1. The maximum absolute atomic E-state index is 13.9. The molecule has 0 radical (unpaired) electrons. The summed E-state index contributed by atoms with van der Waals surface area (Å²) in [6.07, 6.45) is 0. The van der Waals surface area contributed by atoms with Crippen molar-refractivity contribution in [3.05, 3.63) is 107 Å². The molecule has 4 nitrogen and oxygen atoms in total. The average molecular weight is 409 g/mol. The van der Waals surface area contributed by atoms with Crippen LogP contribution in [-0.4, -0.2) is 16.8 Å². The van der Waals surface area contributed by atoms with Crippen molar-refractivity contribution in [1.82, 2.24) is 0 Å². The third-order valence-electron chi connectivity index (χ3n) is 4.86. The summed E-state index contributed by atoms with van der Waals surface area (Å²) in [5.74, 6) is -5.30. The van der Waals surface area contributed by atoms with Crippen molar-refractivity contribution in [1.29, 1.82) is 0 Å². The van der Waals surface area contributed by atoms with Crippen molar-refractivity contribution >= 4 is 23.1 Å². The molecule has 3 aromatic rings. The number of ketones is 1. The number of carbonyl (C=O) groups is 2. The van der Waals surface area contributed by atoms with Gasteiger partial charge < -0.3 is 5.11 Å². The van der Waals surface area contributed by atoms with Crippen molar-refractivity contribution in [2.24, 2.45) is 0 Å². The highest BCUT2D eigenvalue weighted by Crippen LogP contribution is 2.42. The second kappa shape index (κ2) is 7.51. The fraction of sp³-hybridized carbons (Fsp3) is 0.0435. The number of Topliss-reactive ketones (excluding diaryl/α,β-unsaturated/α-hetero) is 1. The van der Waals surface area contributed by atoms with Crippen LogP contribution in [0.3, 0.4) is 0 Å². The van der Waals surface area contributed by atoms with E-state index in [-0.39, 0.29) is 16.8 Å². The van der Waals surface area contributed by atoms with Gasteiger partial charge >= 0.3 is 0 Å². The molecule has 1 heterocycles. The predicted molar refractivity (Wildman–Crippen MR) is 104 cm³/mol. The number of benzene rings is 3. The van der Waals surface area contributed by atoms with E-state index in [2.05, 4.69) is 0 Å². The zero-order valence-corrected chi connectivity index (χ0v) is 15.4. The summed E-state index contributed by atoms with van der Waals surface area (Å²) in [4.78, 5) is 26.7. The Balaban J connectivity index is 1.94. The highest BCUT2D eigenvalue weighted by Gasteiger charge is 2.47. The van der Waals surface area contributed by atoms with Gasteiger partial charge in [-0.3, -0.25) is 14.5 Å². The quantitative estimate of drug-likeness (QED) is 0.387. The van der Waals surface area contributed by atoms with Gasteiger partial charge in [-0.05, 0) is 42.0 Å². The van der Waals surface area contributed by atoms with E-state index in [0.29, 0.717) is 5.56 Å². The average Bonchev–Trinajstić information content (AvgIpc) is 3.01. The van der Waals surface area contributed by atoms with Crippen LogP contribution < -0.4 is 4.90 Å². The minimum absolute atomic E-state index is 0.0389. The number of halogens is 3. The van der Waals surface area contributed by atoms with Crippen LogP contribution >= 0.6 is 0 Å². The summed E-state index contributed by atoms with van der Waals surface area (Å²) in [6, 6.07) is 14.9. The molecule has 30 heavy (non-hydrogen) atoms. The van der Waals surface area contributed by atoms with Crippen LogP contribution in [0.5, 0.6) is 0 Å². The van der Waals surface area contributed by atoms with Gasteiger partial charge in [0.15, 0.2) is 11.6 Å². The molecule has 1 aliphatic heterocycles. The number of carbonyl (C=O) groups excluding carboxylic acids is 2. The zero-order valence-electron chi connectivity index (χ0n) is 15.4. The van der Waals surface area contributed by atoms with E-state index in [1.165, 1.54) is 18.2 Å². The van der Waals surface area contributed by atoms with Gasteiger partial charge in [-0.25, -0.2) is 13.2 Å². The zero-order chi connectivity index (χ0) is 21.4. The van der Waals surface area contributed by atoms with Crippen molar-refractivity contribution in [3.8, 4) is 0 Å². The van der Waals surface area contributed by atoms with Crippen molar-refractivity contribution < 1.29 is 27.9 Å². The Labute approximate surface area is 169 Å². The van der Waals surface area contributed by atoms with Gasteiger partial charge in [0.2, 0.25) is 0 Å². The van der Waals surface area contributed by atoms with E-state index in [4.69, 9.17) is 0 Å². The topological polar surface area (TPSA) is 57.6 Å². The van der Waals surface area contributed by atoms with Gasteiger partial charge in [0.05, 0.1) is 11.6 Å². The number of aliphatic hydroxyl groups is 1. The van der Waals surface area contributed by atoms with Crippen LogP contribution in [0.2, 0.25) is 0 Å². The maximum atomic E-state index is 13.9. The Hall–Kier alpha value is -3.87. The summed E-state index contributed by atoms with van der Waals surface area (Å²) in [7, 11) is 0. The lowest BCUT2D eigenvalue weighted by Crippen LogP contribution is -2.29. The third-order valence-corrected chi connectivity index (χ3v) is 4.86. The number of hydrogen-bond donors (Lipinski definition) is 1. The number of aliphatic hydroxyl groups excluding tert-OH is 1. The monoisotopic (exact) mass is 409 g/mol. The third kappa shape index (κ3) is 3.24. The molecule has 150 valence electrons. The fourth-order valence-corrected chi connectivity index (χ4v) is 3.45. The van der Waals surface area contributed by atoms with Crippen LogP contribution in [0.15, 0.2) is 78.4 Å². The summed E-state index contributed by atoms with van der Waals surface area (Å²) in [5, 5.41) is 10.8. The van der Waals surface area contributed by atoms with E-state index < -0.39 is 40.9 Å². The molecule has 1 saturated heterocycles. The van der Waals surface area contributed by atoms with E-state index in [9.17, 15) is 27.9 Å².